The van der Waals surface area contributed by atoms with Crippen LogP contribution in [0.4, 0.5) is 0 Å². The normalized spacial score (nSPS) is 11.0. The summed E-state index contributed by atoms with van der Waals surface area (Å²) in [6.07, 6.45) is 3.64. The Morgan fingerprint density at radius 2 is 2.00 bits per heavy atom. The predicted octanol–water partition coefficient (Wildman–Crippen LogP) is 3.42. The largest absolute Gasteiger partial charge is 0.494 e. The van der Waals surface area contributed by atoms with Crippen LogP contribution in [0.25, 0.3) is 0 Å². The van der Waals surface area contributed by atoms with Crippen LogP contribution in [0, 0.1) is 5.92 Å². The van der Waals surface area contributed by atoms with Gasteiger partial charge in [0.05, 0.1) is 6.61 Å². The number of benzene rings is 1. The molecule has 1 aromatic carbocycles. The summed E-state index contributed by atoms with van der Waals surface area (Å²) in [6.45, 7) is 8.44. The first-order chi connectivity index (χ1) is 12.5. The highest BCUT2D eigenvalue weighted by Gasteiger charge is 2.12. The second-order valence-electron chi connectivity index (χ2n) is 6.42. The second-order valence-corrected chi connectivity index (χ2v) is 7.20. The first-order valence-electron chi connectivity index (χ1n) is 9.02. The molecule has 6 nitrogen and oxygen atoms in total. The third-order valence-electron chi connectivity index (χ3n) is 3.81. The molecule has 2 rings (SSSR count). The molecule has 1 heterocycles. The molecule has 0 spiro atoms. The number of rotatable bonds is 10. The average molecular weight is 377 g/mol. The quantitative estimate of drug-likeness (QED) is 0.508. The van der Waals surface area contributed by atoms with Crippen molar-refractivity contribution in [3.8, 4) is 5.75 Å². The van der Waals surface area contributed by atoms with Crippen molar-refractivity contribution < 1.29 is 9.53 Å². The lowest BCUT2D eigenvalue weighted by molar-refractivity contribution is 0.0953. The Bertz CT molecular complexity index is 698. The maximum Gasteiger partial charge on any atom is 0.251 e. The third kappa shape index (κ3) is 5.76. The van der Waals surface area contributed by atoms with Crippen molar-refractivity contribution in [1.82, 2.24) is 20.1 Å². The lowest BCUT2D eigenvalue weighted by atomic mass is 10.2. The fraction of sp³-hybridized carbons (Fsp3) is 0.526. The zero-order chi connectivity index (χ0) is 18.9. The zero-order valence-corrected chi connectivity index (χ0v) is 16.8. The van der Waals surface area contributed by atoms with Gasteiger partial charge in [-0.15, -0.1) is 10.2 Å². The van der Waals surface area contributed by atoms with Gasteiger partial charge < -0.3 is 14.6 Å². The molecular weight excluding hydrogens is 348 g/mol. The molecule has 0 aliphatic heterocycles. The van der Waals surface area contributed by atoms with E-state index >= 15 is 0 Å². The van der Waals surface area contributed by atoms with Crippen molar-refractivity contribution in [2.24, 2.45) is 5.92 Å². The highest BCUT2D eigenvalue weighted by atomic mass is 32.2. The summed E-state index contributed by atoms with van der Waals surface area (Å²) >= 11 is 1.61. The minimum Gasteiger partial charge on any atom is -0.494 e. The Hall–Kier alpha value is -2.02. The molecule has 1 N–H and O–H groups in total. The van der Waals surface area contributed by atoms with E-state index in [1.807, 2.05) is 25.3 Å². The number of amides is 1. The topological polar surface area (TPSA) is 69.0 Å². The van der Waals surface area contributed by atoms with E-state index in [0.717, 1.165) is 36.1 Å². The van der Waals surface area contributed by atoms with E-state index in [0.29, 0.717) is 24.6 Å². The molecule has 0 aliphatic carbocycles. The monoisotopic (exact) mass is 376 g/mol. The fourth-order valence-corrected chi connectivity index (χ4v) is 3.15. The maximum absolute atomic E-state index is 12.2. The fourth-order valence-electron chi connectivity index (χ4n) is 2.62. The SMILES string of the molecule is CCOc1ccc(C(=O)NCCCc2nnc(SC)n2CC(C)C)cc1. The van der Waals surface area contributed by atoms with Crippen molar-refractivity contribution in [1.29, 1.82) is 0 Å². The molecule has 0 atom stereocenters. The van der Waals surface area contributed by atoms with Crippen molar-refractivity contribution >= 4 is 17.7 Å². The van der Waals surface area contributed by atoms with Crippen LogP contribution in [0.15, 0.2) is 29.4 Å². The minimum absolute atomic E-state index is 0.0681. The minimum atomic E-state index is -0.0681. The molecule has 0 fully saturated rings. The molecule has 142 valence electrons. The van der Waals surface area contributed by atoms with E-state index in [9.17, 15) is 4.79 Å². The summed E-state index contributed by atoms with van der Waals surface area (Å²) in [5.41, 5.74) is 0.640. The molecule has 7 heteroatoms. The predicted molar refractivity (Wildman–Crippen MR) is 105 cm³/mol. The Morgan fingerprint density at radius 1 is 1.27 bits per heavy atom. The zero-order valence-electron chi connectivity index (χ0n) is 16.0. The van der Waals surface area contributed by atoms with Crippen molar-refractivity contribution in [2.45, 2.75) is 45.3 Å². The molecule has 2 aromatic rings. The number of carbonyl (C=O) groups excluding carboxylic acids is 1. The molecule has 0 saturated carbocycles. The summed E-state index contributed by atoms with van der Waals surface area (Å²) in [5.74, 6) is 2.23. The number of hydrogen-bond donors (Lipinski definition) is 1. The first kappa shape index (κ1) is 20.3. The molecule has 26 heavy (non-hydrogen) atoms. The highest BCUT2D eigenvalue weighted by molar-refractivity contribution is 7.98. The van der Waals surface area contributed by atoms with Crippen LogP contribution in [-0.4, -0.2) is 40.1 Å². The smallest absolute Gasteiger partial charge is 0.251 e. The van der Waals surface area contributed by atoms with Gasteiger partial charge in [-0.1, -0.05) is 25.6 Å². The van der Waals surface area contributed by atoms with Crippen LogP contribution in [0.3, 0.4) is 0 Å². The highest BCUT2D eigenvalue weighted by Crippen LogP contribution is 2.17. The molecule has 0 radical (unpaired) electrons. The van der Waals surface area contributed by atoms with Crippen LogP contribution in [-0.2, 0) is 13.0 Å². The summed E-state index contributed by atoms with van der Waals surface area (Å²) in [6, 6.07) is 7.20. The number of carbonyl (C=O) groups is 1. The van der Waals surface area contributed by atoms with Crippen molar-refractivity contribution in [3.63, 3.8) is 0 Å². The third-order valence-corrected chi connectivity index (χ3v) is 4.48. The molecule has 0 saturated heterocycles. The van der Waals surface area contributed by atoms with Gasteiger partial charge in [-0.25, -0.2) is 0 Å². The van der Waals surface area contributed by atoms with Gasteiger partial charge in [0.15, 0.2) is 5.16 Å². The summed E-state index contributed by atoms with van der Waals surface area (Å²) in [5, 5.41) is 12.5. The number of aryl methyl sites for hydroxylation is 1. The average Bonchev–Trinajstić information content (AvgIpc) is 3.00. The number of nitrogens with one attached hydrogen (secondary N) is 1. The number of thioether (sulfide) groups is 1. The van der Waals surface area contributed by atoms with Gasteiger partial charge in [-0.05, 0) is 49.8 Å². The Labute approximate surface area is 159 Å². The first-order valence-corrected chi connectivity index (χ1v) is 10.2. The van der Waals surface area contributed by atoms with Gasteiger partial charge in [-0.3, -0.25) is 4.79 Å². The number of aromatic nitrogens is 3. The van der Waals surface area contributed by atoms with Gasteiger partial charge in [0, 0.05) is 25.1 Å². The van der Waals surface area contributed by atoms with E-state index in [4.69, 9.17) is 4.74 Å². The number of nitrogens with zero attached hydrogens (tertiary/aromatic N) is 3. The molecule has 0 aliphatic rings. The van der Waals surface area contributed by atoms with Gasteiger partial charge in [-0.2, -0.15) is 0 Å². The summed E-state index contributed by atoms with van der Waals surface area (Å²) < 4.78 is 7.57. The number of hydrogen-bond acceptors (Lipinski definition) is 5. The lowest BCUT2D eigenvalue weighted by Gasteiger charge is -2.12. The number of ether oxygens (including phenoxy) is 1. The van der Waals surface area contributed by atoms with Crippen LogP contribution in [0.2, 0.25) is 0 Å². The van der Waals surface area contributed by atoms with Crippen molar-refractivity contribution in [2.75, 3.05) is 19.4 Å². The van der Waals surface area contributed by atoms with Gasteiger partial charge in [0.1, 0.15) is 11.6 Å². The molecule has 0 unspecified atom stereocenters. The van der Waals surface area contributed by atoms with Gasteiger partial charge in [0.25, 0.3) is 5.91 Å². The standard InChI is InChI=1S/C19H28N4O2S/c1-5-25-16-10-8-15(9-11-16)18(24)20-12-6-7-17-21-22-19(26-4)23(17)13-14(2)3/h8-11,14H,5-7,12-13H2,1-4H3,(H,20,24). The van der Waals surface area contributed by atoms with Crippen LogP contribution < -0.4 is 10.1 Å². The summed E-state index contributed by atoms with van der Waals surface area (Å²) in [7, 11) is 0. The lowest BCUT2D eigenvalue weighted by Crippen LogP contribution is -2.25. The van der Waals surface area contributed by atoms with Crippen molar-refractivity contribution in [3.05, 3.63) is 35.7 Å². The van der Waals surface area contributed by atoms with Gasteiger partial charge >= 0.3 is 0 Å². The summed E-state index contributed by atoms with van der Waals surface area (Å²) in [4.78, 5) is 12.2. The van der Waals surface area contributed by atoms with E-state index in [-0.39, 0.29) is 5.91 Å². The Balaban J connectivity index is 1.83. The molecular formula is C19H28N4O2S. The molecule has 1 amide bonds. The van der Waals surface area contributed by atoms with Gasteiger partial charge in [0.2, 0.25) is 0 Å². The Morgan fingerprint density at radius 3 is 2.62 bits per heavy atom. The van der Waals surface area contributed by atoms with Crippen LogP contribution >= 0.6 is 11.8 Å². The molecule has 0 bridgehead atoms. The van der Waals surface area contributed by atoms with E-state index in [2.05, 4.69) is 33.9 Å². The maximum atomic E-state index is 12.2. The Kier molecular flexibility index (Phi) is 7.97. The van der Waals surface area contributed by atoms with E-state index < -0.39 is 0 Å². The van der Waals surface area contributed by atoms with E-state index in [1.54, 1.807) is 23.9 Å². The van der Waals surface area contributed by atoms with E-state index in [1.165, 1.54) is 0 Å². The molecule has 1 aromatic heterocycles. The van der Waals surface area contributed by atoms with Crippen LogP contribution in [0.1, 0.15) is 43.4 Å². The van der Waals surface area contributed by atoms with Crippen LogP contribution in [0.5, 0.6) is 5.75 Å². The second kappa shape index (κ2) is 10.2.